The van der Waals surface area contributed by atoms with E-state index in [0.29, 0.717) is 42.2 Å². The van der Waals surface area contributed by atoms with Crippen molar-refractivity contribution < 1.29 is 23.8 Å². The van der Waals surface area contributed by atoms with E-state index in [2.05, 4.69) is 10.9 Å². The van der Waals surface area contributed by atoms with Gasteiger partial charge in [0.25, 0.3) is 5.91 Å². The van der Waals surface area contributed by atoms with Crippen LogP contribution < -0.4 is 15.6 Å². The fourth-order valence-corrected chi connectivity index (χ4v) is 4.09. The van der Waals surface area contributed by atoms with E-state index in [1.807, 2.05) is 61.5 Å². The van der Waals surface area contributed by atoms with Gasteiger partial charge in [-0.25, -0.2) is 14.8 Å². The summed E-state index contributed by atoms with van der Waals surface area (Å²) < 4.78 is 25.7. The molecule has 0 aromatic heterocycles. The number of aliphatic hydroxyl groups excluding tert-OH is 1. The number of benzene rings is 3. The first kappa shape index (κ1) is 27.0. The average Bonchev–Trinajstić information content (AvgIpc) is 3.28. The standard InChI is InChI=1S/C30H32FN3O4/c1-22-30(18-7-11-23-9-3-2-4-10-23,29(36)34-32-21-25-12-5-6-13-27(25)31)33-28(38-22)24-14-16-26(17-15-24)37-20-8-19-35/h2-7,9-17,22,32,35H,8,18-21H2,1H3,(H,34,36)/b11-7+/t22-,30-/m0/s1. The first-order chi connectivity index (χ1) is 18.5. The number of hydrogen-bond donors (Lipinski definition) is 3. The van der Waals surface area contributed by atoms with Crippen molar-refractivity contribution in [1.29, 1.82) is 0 Å². The van der Waals surface area contributed by atoms with Crippen molar-refractivity contribution in [2.45, 2.75) is 38.0 Å². The van der Waals surface area contributed by atoms with Gasteiger partial charge < -0.3 is 14.6 Å². The van der Waals surface area contributed by atoms with Crippen LogP contribution in [-0.2, 0) is 16.1 Å². The third kappa shape index (κ3) is 6.65. The zero-order valence-corrected chi connectivity index (χ0v) is 21.3. The van der Waals surface area contributed by atoms with Crippen LogP contribution in [0.1, 0.15) is 36.5 Å². The highest BCUT2D eigenvalue weighted by molar-refractivity contribution is 6.00. The maximum Gasteiger partial charge on any atom is 0.266 e. The van der Waals surface area contributed by atoms with Crippen LogP contribution in [0.2, 0.25) is 0 Å². The van der Waals surface area contributed by atoms with Crippen molar-refractivity contribution >= 4 is 17.9 Å². The fourth-order valence-electron chi connectivity index (χ4n) is 4.09. The van der Waals surface area contributed by atoms with Crippen LogP contribution in [0.15, 0.2) is 89.9 Å². The second kappa shape index (κ2) is 13.0. The van der Waals surface area contributed by atoms with Gasteiger partial charge in [-0.1, -0.05) is 60.7 Å². The number of amides is 1. The van der Waals surface area contributed by atoms with Crippen LogP contribution in [0, 0.1) is 5.82 Å². The van der Waals surface area contributed by atoms with Crippen molar-refractivity contribution in [2.75, 3.05) is 13.2 Å². The molecule has 3 aromatic rings. The molecular weight excluding hydrogens is 485 g/mol. The fraction of sp³-hybridized carbons (Fsp3) is 0.267. The number of hydrazine groups is 1. The van der Waals surface area contributed by atoms with Crippen LogP contribution in [0.25, 0.3) is 6.08 Å². The Labute approximate surface area is 222 Å². The zero-order valence-electron chi connectivity index (χ0n) is 21.3. The van der Waals surface area contributed by atoms with Crippen LogP contribution in [0.3, 0.4) is 0 Å². The number of carbonyl (C=O) groups is 1. The number of aliphatic imine (C=N–C) groups is 1. The lowest BCUT2D eigenvalue weighted by atomic mass is 9.89. The van der Waals surface area contributed by atoms with Crippen molar-refractivity contribution in [3.8, 4) is 5.75 Å². The molecule has 198 valence electrons. The van der Waals surface area contributed by atoms with E-state index in [4.69, 9.17) is 19.6 Å². The SMILES string of the molecule is C[C@@H]1OC(c2ccc(OCCCO)cc2)=N[C@]1(C/C=C/c1ccccc1)C(=O)NNCc1ccccc1F. The van der Waals surface area contributed by atoms with E-state index in [0.717, 1.165) is 5.56 Å². The second-order valence-corrected chi connectivity index (χ2v) is 8.97. The monoisotopic (exact) mass is 517 g/mol. The van der Waals surface area contributed by atoms with Crippen molar-refractivity contribution in [2.24, 2.45) is 4.99 Å². The lowest BCUT2D eigenvalue weighted by Crippen LogP contribution is -2.54. The summed E-state index contributed by atoms with van der Waals surface area (Å²) in [6, 6.07) is 23.4. The smallest absolute Gasteiger partial charge is 0.266 e. The molecule has 7 nitrogen and oxygen atoms in total. The molecule has 0 spiro atoms. The lowest BCUT2D eigenvalue weighted by Gasteiger charge is -2.27. The molecule has 3 N–H and O–H groups in total. The van der Waals surface area contributed by atoms with Crippen LogP contribution in [0.5, 0.6) is 5.75 Å². The van der Waals surface area contributed by atoms with Crippen LogP contribution >= 0.6 is 0 Å². The van der Waals surface area contributed by atoms with Crippen molar-refractivity contribution in [3.05, 3.63) is 107 Å². The van der Waals surface area contributed by atoms with Crippen LogP contribution in [-0.4, -0.2) is 41.8 Å². The normalized spacial score (nSPS) is 18.7. The van der Waals surface area contributed by atoms with E-state index in [-0.39, 0.29) is 24.9 Å². The Bertz CT molecular complexity index is 1260. The molecule has 1 aliphatic heterocycles. The Kier molecular flexibility index (Phi) is 9.24. The highest BCUT2D eigenvalue weighted by Gasteiger charge is 2.49. The average molecular weight is 518 g/mol. The zero-order chi connectivity index (χ0) is 26.8. The summed E-state index contributed by atoms with van der Waals surface area (Å²) >= 11 is 0. The van der Waals surface area contributed by atoms with E-state index in [9.17, 15) is 9.18 Å². The predicted molar refractivity (Wildman–Crippen MR) is 145 cm³/mol. The van der Waals surface area contributed by atoms with Gasteiger partial charge in [0.1, 0.15) is 17.7 Å². The summed E-state index contributed by atoms with van der Waals surface area (Å²) in [6.45, 7) is 2.42. The molecule has 8 heteroatoms. The van der Waals surface area contributed by atoms with E-state index < -0.39 is 11.6 Å². The summed E-state index contributed by atoms with van der Waals surface area (Å²) in [7, 11) is 0. The number of rotatable bonds is 12. The molecule has 1 heterocycles. The maximum absolute atomic E-state index is 14.0. The Morgan fingerprint density at radius 2 is 1.84 bits per heavy atom. The predicted octanol–water partition coefficient (Wildman–Crippen LogP) is 4.42. The van der Waals surface area contributed by atoms with E-state index >= 15 is 0 Å². The Morgan fingerprint density at radius 1 is 1.11 bits per heavy atom. The summed E-state index contributed by atoms with van der Waals surface area (Å²) in [6.07, 6.45) is 4.14. The van der Waals surface area contributed by atoms with Crippen molar-refractivity contribution in [1.82, 2.24) is 10.9 Å². The first-order valence-electron chi connectivity index (χ1n) is 12.6. The number of carbonyl (C=O) groups excluding carboxylic acids is 1. The molecule has 38 heavy (non-hydrogen) atoms. The molecule has 0 radical (unpaired) electrons. The van der Waals surface area contributed by atoms with Gasteiger partial charge in [-0.15, -0.1) is 0 Å². The molecule has 4 rings (SSSR count). The number of hydrogen-bond acceptors (Lipinski definition) is 6. The van der Waals surface area contributed by atoms with Gasteiger partial charge >= 0.3 is 0 Å². The van der Waals surface area contributed by atoms with Gasteiger partial charge in [0.05, 0.1) is 6.61 Å². The van der Waals surface area contributed by atoms with Crippen molar-refractivity contribution in [3.63, 3.8) is 0 Å². The largest absolute Gasteiger partial charge is 0.494 e. The highest BCUT2D eigenvalue weighted by Crippen LogP contribution is 2.33. The quantitative estimate of drug-likeness (QED) is 0.244. The summed E-state index contributed by atoms with van der Waals surface area (Å²) in [5, 5.41) is 8.93. The minimum atomic E-state index is -1.24. The number of nitrogens with one attached hydrogen (secondary N) is 2. The molecule has 1 aliphatic rings. The molecule has 1 amide bonds. The Hall–Kier alpha value is -4.01. The molecule has 0 bridgehead atoms. The van der Waals surface area contributed by atoms with Gasteiger partial charge in [0, 0.05) is 37.1 Å². The summed E-state index contributed by atoms with van der Waals surface area (Å²) in [4.78, 5) is 18.3. The minimum absolute atomic E-state index is 0.0681. The Morgan fingerprint density at radius 3 is 2.58 bits per heavy atom. The van der Waals surface area contributed by atoms with Gasteiger partial charge in [0.2, 0.25) is 5.90 Å². The molecular formula is C30H32FN3O4. The summed E-state index contributed by atoms with van der Waals surface area (Å²) in [5.74, 6) is 0.298. The third-order valence-electron chi connectivity index (χ3n) is 6.31. The molecule has 3 aromatic carbocycles. The first-order valence-corrected chi connectivity index (χ1v) is 12.6. The number of nitrogens with zero attached hydrogens (tertiary/aromatic N) is 1. The van der Waals surface area contributed by atoms with Gasteiger partial charge in [-0.2, -0.15) is 0 Å². The number of ether oxygens (including phenoxy) is 2. The number of halogens is 1. The van der Waals surface area contributed by atoms with Crippen LogP contribution in [0.4, 0.5) is 4.39 Å². The summed E-state index contributed by atoms with van der Waals surface area (Å²) in [5.41, 5.74) is 6.47. The third-order valence-corrected chi connectivity index (χ3v) is 6.31. The number of aliphatic hydroxyl groups is 1. The van der Waals surface area contributed by atoms with E-state index in [1.165, 1.54) is 6.07 Å². The van der Waals surface area contributed by atoms with Gasteiger partial charge in [-0.05, 0) is 42.8 Å². The van der Waals surface area contributed by atoms with E-state index in [1.54, 1.807) is 30.3 Å². The molecule has 0 saturated heterocycles. The topological polar surface area (TPSA) is 92.2 Å². The molecule has 0 saturated carbocycles. The molecule has 0 unspecified atom stereocenters. The Balaban J connectivity index is 1.53. The van der Waals surface area contributed by atoms with Gasteiger partial charge in [-0.3, -0.25) is 10.2 Å². The molecule has 0 fully saturated rings. The molecule has 2 atom stereocenters. The maximum atomic E-state index is 14.0. The molecule has 0 aliphatic carbocycles. The minimum Gasteiger partial charge on any atom is -0.494 e. The second-order valence-electron chi connectivity index (χ2n) is 8.97. The highest BCUT2D eigenvalue weighted by atomic mass is 19.1. The lowest BCUT2D eigenvalue weighted by molar-refractivity contribution is -0.129. The van der Waals surface area contributed by atoms with Gasteiger partial charge in [0.15, 0.2) is 5.54 Å².